The van der Waals surface area contributed by atoms with Crippen LogP contribution in [0.2, 0.25) is 0 Å². The van der Waals surface area contributed by atoms with E-state index >= 15 is 0 Å². The van der Waals surface area contributed by atoms with Crippen LogP contribution in [0.5, 0.6) is 0 Å². The van der Waals surface area contributed by atoms with Crippen molar-refractivity contribution in [3.63, 3.8) is 0 Å². The second-order valence-corrected chi connectivity index (χ2v) is 9.38. The van der Waals surface area contributed by atoms with Gasteiger partial charge in [0.1, 0.15) is 5.82 Å². The maximum absolute atomic E-state index is 13.8. The van der Waals surface area contributed by atoms with E-state index in [9.17, 15) is 9.18 Å². The predicted octanol–water partition coefficient (Wildman–Crippen LogP) is 4.12. The molecule has 3 aromatic rings. The van der Waals surface area contributed by atoms with Crippen LogP contribution < -0.4 is 5.32 Å². The number of carbonyl (C=O) groups excluding carboxylic acids is 1. The third kappa shape index (κ3) is 4.27. The number of hydrogen-bond donors (Lipinski definition) is 1. The molecular weight excluding hydrogens is 393 g/mol. The van der Waals surface area contributed by atoms with Gasteiger partial charge in [-0.15, -0.1) is 0 Å². The number of nitrogens with one attached hydrogen (secondary N) is 1. The smallest absolute Gasteiger partial charge is 0.220 e. The summed E-state index contributed by atoms with van der Waals surface area (Å²) in [4.78, 5) is 12.8. The highest BCUT2D eigenvalue weighted by Gasteiger charge is 2.36. The van der Waals surface area contributed by atoms with Crippen LogP contribution in [0.1, 0.15) is 60.9 Å². The minimum Gasteiger partial charge on any atom is -0.349 e. The molecule has 1 amide bonds. The monoisotopic (exact) mass is 423 g/mol. The minimum atomic E-state index is -0.289. The number of benzene rings is 1. The lowest BCUT2D eigenvalue weighted by molar-refractivity contribution is -0.122. The maximum atomic E-state index is 13.8. The van der Waals surface area contributed by atoms with Crippen molar-refractivity contribution in [2.45, 2.75) is 59.4 Å². The number of halogens is 1. The Labute approximate surface area is 182 Å². The number of hydrogen-bond acceptors (Lipinski definition) is 3. The summed E-state index contributed by atoms with van der Waals surface area (Å²) in [5.74, 6) is -0.266. The van der Waals surface area contributed by atoms with Gasteiger partial charge < -0.3 is 5.32 Å². The van der Waals surface area contributed by atoms with Gasteiger partial charge in [-0.3, -0.25) is 9.48 Å². The number of rotatable bonds is 5. The van der Waals surface area contributed by atoms with Crippen LogP contribution in [0.3, 0.4) is 0 Å². The van der Waals surface area contributed by atoms with E-state index in [2.05, 4.69) is 29.4 Å². The van der Waals surface area contributed by atoms with Crippen molar-refractivity contribution in [1.82, 2.24) is 24.9 Å². The minimum absolute atomic E-state index is 0.00736. The molecule has 0 saturated heterocycles. The number of aromatic nitrogens is 4. The van der Waals surface area contributed by atoms with Gasteiger partial charge in [0.2, 0.25) is 5.91 Å². The Morgan fingerprint density at radius 1 is 1.32 bits per heavy atom. The van der Waals surface area contributed by atoms with Gasteiger partial charge in [-0.25, -0.2) is 9.07 Å². The van der Waals surface area contributed by atoms with Gasteiger partial charge in [0.15, 0.2) is 0 Å². The molecule has 0 radical (unpaired) electrons. The fourth-order valence-electron chi connectivity index (χ4n) is 4.69. The lowest BCUT2D eigenvalue weighted by Gasteiger charge is -2.36. The Balaban J connectivity index is 1.54. The molecule has 1 aliphatic rings. The molecule has 164 valence electrons. The molecule has 1 atom stereocenters. The van der Waals surface area contributed by atoms with E-state index in [1.165, 1.54) is 12.1 Å². The van der Waals surface area contributed by atoms with E-state index in [-0.39, 0.29) is 23.2 Å². The van der Waals surface area contributed by atoms with Crippen LogP contribution in [0, 0.1) is 25.1 Å². The molecule has 0 aliphatic heterocycles. The zero-order chi connectivity index (χ0) is 22.3. The number of aryl methyl sites for hydroxylation is 2. The Kier molecular flexibility index (Phi) is 5.45. The molecule has 0 bridgehead atoms. The highest BCUT2D eigenvalue weighted by atomic mass is 19.1. The highest BCUT2D eigenvalue weighted by molar-refractivity contribution is 5.77. The zero-order valence-corrected chi connectivity index (χ0v) is 18.9. The largest absolute Gasteiger partial charge is 0.349 e. The van der Waals surface area contributed by atoms with Crippen LogP contribution in [0.25, 0.3) is 5.69 Å². The first-order chi connectivity index (χ1) is 14.6. The fraction of sp³-hybridized carbons (Fsp3) is 0.458. The standard InChI is InChI=1S/C24H30FN5O/c1-15-19(16(2)29(5)28-15)9-10-23(31)27-21-12-24(3,4)13-22-20(21)14-26-30(22)18-8-6-7-17(25)11-18/h6-8,11,14,21H,9-10,12-13H2,1-5H3,(H,27,31). The van der Waals surface area contributed by atoms with E-state index in [4.69, 9.17) is 0 Å². The van der Waals surface area contributed by atoms with Gasteiger partial charge in [-0.1, -0.05) is 19.9 Å². The molecule has 1 aliphatic carbocycles. The molecule has 1 N–H and O–H groups in total. The van der Waals surface area contributed by atoms with Gasteiger partial charge in [0.25, 0.3) is 0 Å². The van der Waals surface area contributed by atoms with Gasteiger partial charge in [-0.2, -0.15) is 10.2 Å². The summed E-state index contributed by atoms with van der Waals surface area (Å²) in [5.41, 5.74) is 5.96. The molecule has 7 heteroatoms. The van der Waals surface area contributed by atoms with E-state index in [0.29, 0.717) is 18.5 Å². The molecule has 1 unspecified atom stereocenters. The Morgan fingerprint density at radius 3 is 2.77 bits per heavy atom. The molecule has 0 fully saturated rings. The van der Waals surface area contributed by atoms with Gasteiger partial charge >= 0.3 is 0 Å². The number of carbonyl (C=O) groups is 1. The molecule has 0 spiro atoms. The first-order valence-corrected chi connectivity index (χ1v) is 10.8. The SMILES string of the molecule is Cc1nn(C)c(C)c1CCC(=O)NC1CC(C)(C)Cc2c1cnn2-c1cccc(F)c1. The summed E-state index contributed by atoms with van der Waals surface area (Å²) in [7, 11) is 1.92. The topological polar surface area (TPSA) is 64.7 Å². The molecule has 31 heavy (non-hydrogen) atoms. The number of nitrogens with zero attached hydrogens (tertiary/aromatic N) is 4. The Morgan fingerprint density at radius 2 is 2.10 bits per heavy atom. The maximum Gasteiger partial charge on any atom is 0.220 e. The molecule has 1 aromatic carbocycles. The van der Waals surface area contributed by atoms with Crippen molar-refractivity contribution in [3.8, 4) is 5.69 Å². The number of fused-ring (bicyclic) bond motifs is 1. The van der Waals surface area contributed by atoms with E-state index in [1.807, 2.05) is 37.8 Å². The van der Waals surface area contributed by atoms with Crippen molar-refractivity contribution in [3.05, 3.63) is 64.5 Å². The summed E-state index contributed by atoms with van der Waals surface area (Å²) in [6.07, 6.45) is 4.56. The second kappa shape index (κ2) is 7.94. The molecular formula is C24H30FN5O. The van der Waals surface area contributed by atoms with Crippen LogP contribution in [0.4, 0.5) is 4.39 Å². The Hall–Kier alpha value is -2.96. The Bertz CT molecular complexity index is 1130. The van der Waals surface area contributed by atoms with Crippen LogP contribution >= 0.6 is 0 Å². The average Bonchev–Trinajstić information content (AvgIpc) is 3.20. The molecule has 0 saturated carbocycles. The fourth-order valence-corrected chi connectivity index (χ4v) is 4.69. The van der Waals surface area contributed by atoms with Gasteiger partial charge in [-0.05, 0) is 62.3 Å². The quantitative estimate of drug-likeness (QED) is 0.671. The molecule has 2 heterocycles. The summed E-state index contributed by atoms with van der Waals surface area (Å²) in [5, 5.41) is 12.2. The summed E-state index contributed by atoms with van der Waals surface area (Å²) in [6, 6.07) is 6.35. The first-order valence-electron chi connectivity index (χ1n) is 10.8. The second-order valence-electron chi connectivity index (χ2n) is 9.38. The third-order valence-corrected chi connectivity index (χ3v) is 6.33. The van der Waals surface area contributed by atoms with Gasteiger partial charge in [0, 0.05) is 24.7 Å². The average molecular weight is 424 g/mol. The van der Waals surface area contributed by atoms with Crippen molar-refractivity contribution < 1.29 is 9.18 Å². The van der Waals surface area contributed by atoms with E-state index in [0.717, 1.165) is 41.1 Å². The van der Waals surface area contributed by atoms with Crippen molar-refractivity contribution >= 4 is 5.91 Å². The normalized spacial score (nSPS) is 17.4. The molecule has 4 rings (SSSR count). The van der Waals surface area contributed by atoms with Crippen molar-refractivity contribution in [2.24, 2.45) is 12.5 Å². The van der Waals surface area contributed by atoms with Crippen LogP contribution in [0.15, 0.2) is 30.5 Å². The van der Waals surface area contributed by atoms with E-state index in [1.54, 1.807) is 10.7 Å². The van der Waals surface area contributed by atoms with Crippen LogP contribution in [-0.4, -0.2) is 25.5 Å². The summed E-state index contributed by atoms with van der Waals surface area (Å²) < 4.78 is 17.4. The van der Waals surface area contributed by atoms with Crippen molar-refractivity contribution in [1.29, 1.82) is 0 Å². The zero-order valence-electron chi connectivity index (χ0n) is 18.9. The van der Waals surface area contributed by atoms with Crippen molar-refractivity contribution in [2.75, 3.05) is 0 Å². The molecule has 2 aromatic heterocycles. The first kappa shape index (κ1) is 21.3. The van der Waals surface area contributed by atoms with E-state index < -0.39 is 0 Å². The van der Waals surface area contributed by atoms with Gasteiger partial charge in [0.05, 0.1) is 29.3 Å². The number of amides is 1. The summed E-state index contributed by atoms with van der Waals surface area (Å²) >= 11 is 0. The predicted molar refractivity (Wildman–Crippen MR) is 118 cm³/mol. The lowest BCUT2D eigenvalue weighted by Crippen LogP contribution is -2.36. The highest BCUT2D eigenvalue weighted by Crippen LogP contribution is 2.41. The third-order valence-electron chi connectivity index (χ3n) is 6.33. The lowest BCUT2D eigenvalue weighted by atomic mass is 9.74. The molecule has 6 nitrogen and oxygen atoms in total. The summed E-state index contributed by atoms with van der Waals surface area (Å²) in [6.45, 7) is 8.40. The van der Waals surface area contributed by atoms with Crippen LogP contribution in [-0.2, 0) is 24.7 Å².